The van der Waals surface area contributed by atoms with Crippen molar-refractivity contribution in [2.24, 2.45) is 0 Å². The van der Waals surface area contributed by atoms with E-state index in [0.29, 0.717) is 0 Å². The van der Waals surface area contributed by atoms with E-state index >= 15 is 0 Å². The van der Waals surface area contributed by atoms with Crippen LogP contribution in [0.25, 0.3) is 0 Å². The molecule has 82 valence electrons. The zero-order valence-electron chi connectivity index (χ0n) is 9.70. The largest absolute Gasteiger partial charge is 0.437 e. The quantitative estimate of drug-likeness (QED) is 0.680. The molecule has 3 nitrogen and oxygen atoms in total. The van der Waals surface area contributed by atoms with Crippen LogP contribution in [0.15, 0.2) is 11.8 Å². The minimum atomic E-state index is -2.70. The van der Waals surface area contributed by atoms with Crippen molar-refractivity contribution >= 4 is 7.52 Å². The van der Waals surface area contributed by atoms with Crippen molar-refractivity contribution in [3.63, 3.8) is 0 Å². The van der Waals surface area contributed by atoms with E-state index < -0.39 is 7.52 Å². The number of hydrogen-bond acceptors (Lipinski definition) is 2. The van der Waals surface area contributed by atoms with Gasteiger partial charge in [-0.25, -0.2) is 4.67 Å². The molecule has 4 heteroatoms. The van der Waals surface area contributed by atoms with Crippen molar-refractivity contribution in [1.82, 2.24) is 4.67 Å². The fourth-order valence-corrected chi connectivity index (χ4v) is 4.55. The van der Waals surface area contributed by atoms with Crippen molar-refractivity contribution in [3.05, 3.63) is 11.8 Å². The summed E-state index contributed by atoms with van der Waals surface area (Å²) in [7, 11) is -2.70. The summed E-state index contributed by atoms with van der Waals surface area (Å²) in [5, 5.41) is -0.358. The Hall–Kier alpha value is -0.270. The van der Waals surface area contributed by atoms with Gasteiger partial charge in [-0.3, -0.25) is 4.57 Å². The molecular weight excluding hydrogens is 197 g/mol. The van der Waals surface area contributed by atoms with E-state index in [9.17, 15) is 4.57 Å². The van der Waals surface area contributed by atoms with Gasteiger partial charge in [-0.15, -0.1) is 0 Å². The van der Waals surface area contributed by atoms with Gasteiger partial charge in [-0.2, -0.15) is 0 Å². The van der Waals surface area contributed by atoms with Crippen LogP contribution in [0.1, 0.15) is 34.6 Å². The van der Waals surface area contributed by atoms with Gasteiger partial charge >= 0.3 is 7.52 Å². The second-order valence-corrected chi connectivity index (χ2v) is 7.10. The molecule has 0 aromatic heterocycles. The predicted octanol–water partition coefficient (Wildman–Crippen LogP) is 3.23. The summed E-state index contributed by atoms with van der Waals surface area (Å²) >= 11 is 0. The summed E-state index contributed by atoms with van der Waals surface area (Å²) in [6.07, 6.45) is 1.96. The van der Waals surface area contributed by atoms with E-state index in [4.69, 9.17) is 4.52 Å². The Kier molecular flexibility index (Phi) is 3.13. The van der Waals surface area contributed by atoms with E-state index in [1.807, 2.05) is 45.4 Å². The zero-order chi connectivity index (χ0) is 11.0. The zero-order valence-corrected chi connectivity index (χ0v) is 10.6. The van der Waals surface area contributed by atoms with Crippen LogP contribution >= 0.6 is 7.52 Å². The third kappa shape index (κ3) is 1.64. The highest BCUT2D eigenvalue weighted by Gasteiger charge is 2.49. The second kappa shape index (κ2) is 3.71. The Morgan fingerprint density at radius 1 is 1.43 bits per heavy atom. The molecule has 0 amide bonds. The van der Waals surface area contributed by atoms with Crippen LogP contribution in [0.3, 0.4) is 0 Å². The lowest BCUT2D eigenvalue weighted by Gasteiger charge is -2.33. The van der Waals surface area contributed by atoms with Crippen LogP contribution in [0.4, 0.5) is 0 Å². The van der Waals surface area contributed by atoms with Crippen molar-refractivity contribution in [2.45, 2.75) is 39.8 Å². The molecule has 14 heavy (non-hydrogen) atoms. The summed E-state index contributed by atoms with van der Waals surface area (Å²) in [4.78, 5) is 0. The molecule has 0 N–H and O–H groups in total. The van der Waals surface area contributed by atoms with Crippen molar-refractivity contribution < 1.29 is 9.09 Å². The smallest absolute Gasteiger partial charge is 0.328 e. The van der Waals surface area contributed by atoms with Gasteiger partial charge in [0.25, 0.3) is 0 Å². The minimum absolute atomic E-state index is 0.358. The third-order valence-electron chi connectivity index (χ3n) is 2.65. The van der Waals surface area contributed by atoms with Gasteiger partial charge < -0.3 is 4.52 Å². The lowest BCUT2D eigenvalue weighted by molar-refractivity contribution is 0.326. The molecule has 1 unspecified atom stereocenters. The minimum Gasteiger partial charge on any atom is -0.437 e. The lowest BCUT2D eigenvalue weighted by Crippen LogP contribution is -2.29. The van der Waals surface area contributed by atoms with Gasteiger partial charge in [-0.1, -0.05) is 13.8 Å². The van der Waals surface area contributed by atoms with Crippen molar-refractivity contribution in [3.8, 4) is 0 Å². The molecule has 0 aromatic rings. The Balaban J connectivity index is 3.03. The Morgan fingerprint density at radius 3 is 2.21 bits per heavy atom. The average Bonchev–Trinajstić information content (AvgIpc) is 2.23. The van der Waals surface area contributed by atoms with Crippen molar-refractivity contribution in [2.75, 3.05) is 13.1 Å². The highest BCUT2D eigenvalue weighted by molar-refractivity contribution is 7.58. The van der Waals surface area contributed by atoms with Crippen LogP contribution < -0.4 is 0 Å². The number of nitrogens with zero attached hydrogens (tertiary/aromatic N) is 1. The lowest BCUT2D eigenvalue weighted by atomic mass is 10.2. The molecule has 0 fully saturated rings. The summed E-state index contributed by atoms with van der Waals surface area (Å²) in [6.45, 7) is 11.4. The monoisotopic (exact) mass is 217 g/mol. The molecule has 0 spiro atoms. The summed E-state index contributed by atoms with van der Waals surface area (Å²) < 4.78 is 20.2. The van der Waals surface area contributed by atoms with Crippen molar-refractivity contribution in [1.29, 1.82) is 0 Å². The normalized spacial score (nSPS) is 30.3. The standard InChI is InChI=1S/C10H20NO2P/c1-6-11(7-2)14(12)10(4,5)8-9(3)13-14/h8H,6-7H2,1-5H3. The number of allylic oxidation sites excluding steroid dienone is 2. The van der Waals surface area contributed by atoms with E-state index in [0.717, 1.165) is 18.8 Å². The molecule has 1 aliphatic rings. The summed E-state index contributed by atoms with van der Waals surface area (Å²) in [6, 6.07) is 0. The molecule has 0 radical (unpaired) electrons. The van der Waals surface area contributed by atoms with Gasteiger partial charge in [0.2, 0.25) is 0 Å². The maximum atomic E-state index is 12.7. The molecular formula is C10H20NO2P. The van der Waals surface area contributed by atoms with E-state index in [2.05, 4.69) is 0 Å². The molecule has 0 bridgehead atoms. The molecule has 0 saturated heterocycles. The van der Waals surface area contributed by atoms with Gasteiger partial charge in [0.15, 0.2) is 0 Å². The first-order valence-corrected chi connectivity index (χ1v) is 6.69. The number of rotatable bonds is 3. The van der Waals surface area contributed by atoms with Gasteiger partial charge in [-0.05, 0) is 26.8 Å². The van der Waals surface area contributed by atoms with Gasteiger partial charge in [0.1, 0.15) is 0 Å². The topological polar surface area (TPSA) is 29.5 Å². The molecule has 0 aromatic carbocycles. The molecule has 1 heterocycles. The first-order chi connectivity index (χ1) is 6.37. The predicted molar refractivity (Wildman–Crippen MR) is 59.4 cm³/mol. The average molecular weight is 217 g/mol. The molecule has 1 rings (SSSR count). The van der Waals surface area contributed by atoms with Crippen LogP contribution in [0.2, 0.25) is 0 Å². The third-order valence-corrected chi connectivity index (χ3v) is 6.09. The fourth-order valence-electron chi connectivity index (χ4n) is 1.94. The summed E-state index contributed by atoms with van der Waals surface area (Å²) in [5.41, 5.74) is 0. The fraction of sp³-hybridized carbons (Fsp3) is 0.800. The van der Waals surface area contributed by atoms with E-state index in [1.54, 1.807) is 0 Å². The first-order valence-electron chi connectivity index (χ1n) is 5.12. The Labute approximate surface area is 86.6 Å². The van der Waals surface area contributed by atoms with Crippen LogP contribution in [-0.4, -0.2) is 22.9 Å². The van der Waals surface area contributed by atoms with Gasteiger partial charge in [0.05, 0.1) is 10.9 Å². The van der Waals surface area contributed by atoms with Gasteiger partial charge in [0, 0.05) is 13.1 Å². The second-order valence-electron chi connectivity index (χ2n) is 4.16. The van der Waals surface area contributed by atoms with Crippen LogP contribution in [-0.2, 0) is 9.09 Å². The van der Waals surface area contributed by atoms with E-state index in [-0.39, 0.29) is 5.16 Å². The Morgan fingerprint density at radius 2 is 1.93 bits per heavy atom. The number of hydrogen-bond donors (Lipinski definition) is 0. The summed E-state index contributed by atoms with van der Waals surface area (Å²) in [5.74, 6) is 0.783. The Bertz CT molecular complexity index is 292. The van der Waals surface area contributed by atoms with E-state index in [1.165, 1.54) is 0 Å². The van der Waals surface area contributed by atoms with Crippen LogP contribution in [0.5, 0.6) is 0 Å². The first kappa shape index (κ1) is 11.8. The molecule has 0 aliphatic carbocycles. The highest BCUT2D eigenvalue weighted by atomic mass is 31.2. The molecule has 1 aliphatic heterocycles. The SMILES string of the molecule is CCN(CC)P1(=O)OC(C)=CC1(C)C. The maximum absolute atomic E-state index is 12.7. The highest BCUT2D eigenvalue weighted by Crippen LogP contribution is 2.67. The molecule has 1 atom stereocenters. The maximum Gasteiger partial charge on any atom is 0.328 e. The molecule has 0 saturated carbocycles. The van der Waals surface area contributed by atoms with Crippen LogP contribution in [0, 0.1) is 0 Å².